The summed E-state index contributed by atoms with van der Waals surface area (Å²) in [5.74, 6) is 0. The Balaban J connectivity index is 2.42. The van der Waals surface area contributed by atoms with Gasteiger partial charge in [0.2, 0.25) is 0 Å². The molecule has 23 heavy (non-hydrogen) atoms. The largest absolute Gasteiger partial charge is 0.500 e. The van der Waals surface area contributed by atoms with E-state index in [0.717, 1.165) is 36.8 Å². The van der Waals surface area contributed by atoms with Crippen molar-refractivity contribution in [3.63, 3.8) is 0 Å². The summed E-state index contributed by atoms with van der Waals surface area (Å²) in [7, 11) is 2.46. The molecule has 1 aromatic rings. The van der Waals surface area contributed by atoms with Gasteiger partial charge < -0.3 is 23.9 Å². The molecule has 0 heterocycles. The van der Waals surface area contributed by atoms with Crippen LogP contribution in [0, 0.1) is 0 Å². The molecule has 6 heteroatoms. The van der Waals surface area contributed by atoms with Crippen molar-refractivity contribution < 1.29 is 13.3 Å². The van der Waals surface area contributed by atoms with Crippen LogP contribution >= 0.6 is 0 Å². The van der Waals surface area contributed by atoms with Crippen molar-refractivity contribution >= 4 is 14.9 Å². The van der Waals surface area contributed by atoms with Gasteiger partial charge in [-0.3, -0.25) is 0 Å². The Morgan fingerprint density at radius 2 is 1.78 bits per heavy atom. The number of benzene rings is 1. The highest BCUT2D eigenvalue weighted by molar-refractivity contribution is 6.60. The lowest BCUT2D eigenvalue weighted by Crippen LogP contribution is -2.43. The minimum absolute atomic E-state index is 0.739. The summed E-state index contributed by atoms with van der Waals surface area (Å²) in [5.41, 5.74) is 2.23. The maximum Gasteiger partial charge on any atom is 0.500 e. The zero-order valence-electron chi connectivity index (χ0n) is 14.3. The van der Waals surface area contributed by atoms with Crippen LogP contribution in [0.15, 0.2) is 48.8 Å². The molecule has 0 atom stereocenters. The van der Waals surface area contributed by atoms with E-state index >= 15 is 0 Å². The van der Waals surface area contributed by atoms with Gasteiger partial charge in [0, 0.05) is 39.6 Å². The van der Waals surface area contributed by atoms with E-state index in [0.29, 0.717) is 0 Å². The third-order valence-electron chi connectivity index (χ3n) is 3.51. The van der Waals surface area contributed by atoms with Crippen molar-refractivity contribution in [2.24, 2.45) is 0 Å². The molecule has 1 rings (SSSR count). The molecule has 0 unspecified atom stereocenters. The highest BCUT2D eigenvalue weighted by atomic mass is 28.4. The molecule has 0 saturated heterocycles. The summed E-state index contributed by atoms with van der Waals surface area (Å²) in [6, 6.07) is 11.0. The average molecular weight is 337 g/mol. The zero-order chi connectivity index (χ0) is 17.0. The van der Waals surface area contributed by atoms with Crippen molar-refractivity contribution in [2.75, 3.05) is 34.4 Å². The predicted octanol–water partition coefficient (Wildman–Crippen LogP) is 2.62. The summed E-state index contributed by atoms with van der Waals surface area (Å²) < 4.78 is 16.2. The lowest BCUT2D eigenvalue weighted by molar-refractivity contribution is 0.123. The zero-order valence-corrected chi connectivity index (χ0v) is 15.3. The van der Waals surface area contributed by atoms with Crippen LogP contribution in [0.3, 0.4) is 0 Å². The molecule has 0 bridgehead atoms. The highest BCUT2D eigenvalue weighted by Crippen LogP contribution is 2.14. The van der Waals surface area contributed by atoms with Crippen LogP contribution in [0.2, 0.25) is 6.04 Å². The predicted molar refractivity (Wildman–Crippen MR) is 96.8 cm³/mol. The van der Waals surface area contributed by atoms with Crippen LogP contribution in [-0.2, 0) is 13.3 Å². The molecule has 0 aliphatic carbocycles. The van der Waals surface area contributed by atoms with E-state index in [2.05, 4.69) is 35.4 Å². The van der Waals surface area contributed by atoms with Crippen LogP contribution in [0.4, 0.5) is 0 Å². The van der Waals surface area contributed by atoms with E-state index in [1.54, 1.807) is 27.5 Å². The van der Waals surface area contributed by atoms with Gasteiger partial charge in [-0.1, -0.05) is 36.9 Å². The molecule has 0 radical (unpaired) electrons. The fraction of sp³-hybridized carbons (Fsp3) is 0.412. The standard InChI is InChI=1S/C17H28N2O3Si/c1-5-19-17(14-16-10-7-6-8-11-16)15-18-12-9-13-23(20-2,21-3)22-4/h5-8,10-11,14,18-19H,1,9,12-13,15H2,2-4H3. The third-order valence-corrected chi connectivity index (χ3v) is 6.34. The molecule has 0 aliphatic heterocycles. The van der Waals surface area contributed by atoms with E-state index in [9.17, 15) is 0 Å². The Hall–Kier alpha value is -1.44. The minimum atomic E-state index is -2.46. The highest BCUT2D eigenvalue weighted by Gasteiger charge is 2.36. The Labute approximate surface area is 140 Å². The van der Waals surface area contributed by atoms with Crippen LogP contribution in [0.5, 0.6) is 0 Å². The van der Waals surface area contributed by atoms with E-state index in [4.69, 9.17) is 13.3 Å². The first-order chi connectivity index (χ1) is 11.2. The molecule has 0 fully saturated rings. The summed E-state index contributed by atoms with van der Waals surface area (Å²) in [6.07, 6.45) is 4.72. The normalized spacial score (nSPS) is 12.2. The van der Waals surface area contributed by atoms with Gasteiger partial charge in [-0.25, -0.2) is 0 Å². The van der Waals surface area contributed by atoms with Gasteiger partial charge >= 0.3 is 8.80 Å². The first kappa shape index (κ1) is 19.6. The van der Waals surface area contributed by atoms with Gasteiger partial charge in [0.1, 0.15) is 0 Å². The van der Waals surface area contributed by atoms with Crippen molar-refractivity contribution in [1.82, 2.24) is 10.6 Å². The molecule has 2 N–H and O–H groups in total. The molecule has 5 nitrogen and oxygen atoms in total. The van der Waals surface area contributed by atoms with Gasteiger partial charge in [-0.05, 0) is 30.8 Å². The number of hydrogen-bond acceptors (Lipinski definition) is 5. The second-order valence-corrected chi connectivity index (χ2v) is 8.10. The average Bonchev–Trinajstić information content (AvgIpc) is 2.60. The molecule has 0 saturated carbocycles. The third kappa shape index (κ3) is 7.11. The number of rotatable bonds is 12. The maximum atomic E-state index is 5.41. The van der Waals surface area contributed by atoms with Gasteiger partial charge in [-0.15, -0.1) is 0 Å². The Morgan fingerprint density at radius 3 is 2.35 bits per heavy atom. The van der Waals surface area contributed by atoms with Gasteiger partial charge in [0.15, 0.2) is 0 Å². The number of nitrogens with one attached hydrogen (secondary N) is 2. The van der Waals surface area contributed by atoms with E-state index in [-0.39, 0.29) is 0 Å². The molecule has 0 amide bonds. The van der Waals surface area contributed by atoms with Crippen LogP contribution in [0.1, 0.15) is 12.0 Å². The SMILES string of the molecule is C=CNC(=Cc1ccccc1)CNCCC[Si](OC)(OC)OC. The Morgan fingerprint density at radius 1 is 1.13 bits per heavy atom. The summed E-state index contributed by atoms with van der Waals surface area (Å²) in [4.78, 5) is 0. The summed E-state index contributed by atoms with van der Waals surface area (Å²) >= 11 is 0. The quantitative estimate of drug-likeness (QED) is 0.454. The number of hydrogen-bond donors (Lipinski definition) is 2. The lowest BCUT2D eigenvalue weighted by Gasteiger charge is -2.24. The van der Waals surface area contributed by atoms with Crippen molar-refractivity contribution in [2.45, 2.75) is 12.5 Å². The van der Waals surface area contributed by atoms with Crippen molar-refractivity contribution in [3.05, 3.63) is 54.4 Å². The second kappa shape index (κ2) is 11.1. The van der Waals surface area contributed by atoms with Crippen LogP contribution in [-0.4, -0.2) is 43.2 Å². The summed E-state index contributed by atoms with van der Waals surface area (Å²) in [6.45, 7) is 5.32. The molecule has 0 aliphatic rings. The molecule has 128 valence electrons. The molecule has 0 spiro atoms. The monoisotopic (exact) mass is 336 g/mol. The Kier molecular flexibility index (Phi) is 9.50. The van der Waals surface area contributed by atoms with Crippen LogP contribution < -0.4 is 10.6 Å². The Bertz CT molecular complexity index is 468. The lowest BCUT2D eigenvalue weighted by atomic mass is 10.2. The topological polar surface area (TPSA) is 51.8 Å². The molecule has 0 aromatic heterocycles. The second-order valence-electron chi connectivity index (χ2n) is 5.00. The molecular formula is C17H28N2O3Si. The van der Waals surface area contributed by atoms with Gasteiger partial charge in [0.05, 0.1) is 0 Å². The van der Waals surface area contributed by atoms with Crippen LogP contribution in [0.25, 0.3) is 6.08 Å². The smallest absolute Gasteiger partial charge is 0.377 e. The van der Waals surface area contributed by atoms with E-state index in [1.807, 2.05) is 18.2 Å². The van der Waals surface area contributed by atoms with E-state index < -0.39 is 8.80 Å². The minimum Gasteiger partial charge on any atom is -0.377 e. The summed E-state index contributed by atoms with van der Waals surface area (Å²) in [5, 5.41) is 6.58. The fourth-order valence-corrected chi connectivity index (χ4v) is 3.96. The van der Waals surface area contributed by atoms with Gasteiger partial charge in [0.25, 0.3) is 0 Å². The van der Waals surface area contributed by atoms with Crippen molar-refractivity contribution in [1.29, 1.82) is 0 Å². The van der Waals surface area contributed by atoms with Gasteiger partial charge in [-0.2, -0.15) is 0 Å². The van der Waals surface area contributed by atoms with E-state index in [1.165, 1.54) is 0 Å². The first-order valence-corrected chi connectivity index (χ1v) is 9.62. The fourth-order valence-electron chi connectivity index (χ4n) is 2.23. The molecule has 1 aromatic carbocycles. The molecular weight excluding hydrogens is 308 g/mol. The maximum absolute atomic E-state index is 5.41. The first-order valence-electron chi connectivity index (χ1n) is 7.69. The van der Waals surface area contributed by atoms with Crippen molar-refractivity contribution in [3.8, 4) is 0 Å².